The second-order valence-electron chi connectivity index (χ2n) is 4.03. The third-order valence-electron chi connectivity index (χ3n) is 2.89. The number of benzene rings is 2. The summed E-state index contributed by atoms with van der Waals surface area (Å²) in [6, 6.07) is 21.5. The zero-order valence-electron chi connectivity index (χ0n) is 10.2. The zero-order valence-corrected chi connectivity index (χ0v) is 11.3. The van der Waals surface area contributed by atoms with E-state index in [1.165, 1.54) is 10.4 Å². The molecule has 2 aromatic rings. The first kappa shape index (κ1) is 12.1. The van der Waals surface area contributed by atoms with Gasteiger partial charge in [0.25, 0.3) is 0 Å². The van der Waals surface area contributed by atoms with Crippen molar-refractivity contribution in [3.05, 3.63) is 60.7 Å². The van der Waals surface area contributed by atoms with Crippen molar-refractivity contribution in [2.75, 3.05) is 12.8 Å². The highest BCUT2D eigenvalue weighted by Crippen LogP contribution is 1.94. The van der Waals surface area contributed by atoms with Crippen LogP contribution in [0.4, 0.5) is 0 Å². The molecule has 0 saturated heterocycles. The highest BCUT2D eigenvalue weighted by Gasteiger charge is 2.15. The summed E-state index contributed by atoms with van der Waals surface area (Å²) in [6.45, 7) is 2.85. The van der Waals surface area contributed by atoms with E-state index in [0.29, 0.717) is 0 Å². The van der Waals surface area contributed by atoms with Crippen LogP contribution in [0.25, 0.3) is 0 Å². The maximum atomic E-state index is 5.67. The van der Waals surface area contributed by atoms with Crippen LogP contribution >= 0.6 is 0 Å². The summed E-state index contributed by atoms with van der Waals surface area (Å²) in [7, 11) is -1.19. The molecule has 0 aliphatic carbocycles. The Morgan fingerprint density at radius 1 is 0.824 bits per heavy atom. The molecule has 2 aromatic carbocycles. The van der Waals surface area contributed by atoms with Gasteiger partial charge in [0.15, 0.2) is 0 Å². The van der Waals surface area contributed by atoms with Gasteiger partial charge in [-0.15, -0.1) is 0 Å². The molecule has 2 heteroatoms. The van der Waals surface area contributed by atoms with E-state index in [0.717, 1.165) is 12.8 Å². The highest BCUT2D eigenvalue weighted by atomic mass is 28.3. The predicted octanol–water partition coefficient (Wildman–Crippen LogP) is 1.60. The van der Waals surface area contributed by atoms with E-state index in [1.807, 2.05) is 0 Å². The summed E-state index contributed by atoms with van der Waals surface area (Å²) in [5.74, 6) is 0. The van der Waals surface area contributed by atoms with Crippen molar-refractivity contribution in [1.29, 1.82) is 0 Å². The topological polar surface area (TPSA) is 9.23 Å². The van der Waals surface area contributed by atoms with Crippen molar-refractivity contribution in [2.45, 2.75) is 6.92 Å². The van der Waals surface area contributed by atoms with Crippen molar-refractivity contribution >= 4 is 19.2 Å². The summed E-state index contributed by atoms with van der Waals surface area (Å²) in [4.78, 5) is 0. The molecule has 0 atom stereocenters. The molecule has 0 aliphatic heterocycles. The Balaban J connectivity index is 2.26. The molecule has 0 bridgehead atoms. The molecule has 0 spiro atoms. The normalized spacial score (nSPS) is 10.7. The van der Waals surface area contributed by atoms with Crippen LogP contribution in [0, 0.1) is 0 Å². The summed E-state index contributed by atoms with van der Waals surface area (Å²) in [6.07, 6.45) is 0.879. The molecular weight excluding hydrogens is 224 g/mol. The lowest BCUT2D eigenvalue weighted by molar-refractivity contribution is 0.192. The average molecular weight is 242 g/mol. The van der Waals surface area contributed by atoms with Gasteiger partial charge in [-0.2, -0.15) is 0 Å². The maximum absolute atomic E-state index is 5.67. The fraction of sp³-hybridized carbons (Fsp3) is 0.200. The lowest BCUT2D eigenvalue weighted by atomic mass is 10.4. The van der Waals surface area contributed by atoms with Gasteiger partial charge < -0.3 is 4.74 Å². The van der Waals surface area contributed by atoms with Gasteiger partial charge >= 0.3 is 0 Å². The van der Waals surface area contributed by atoms with Gasteiger partial charge in [0.1, 0.15) is 8.80 Å². The van der Waals surface area contributed by atoms with Gasteiger partial charge in [0.05, 0.1) is 0 Å². The fourth-order valence-corrected chi connectivity index (χ4v) is 4.61. The van der Waals surface area contributed by atoms with Gasteiger partial charge in [-0.3, -0.25) is 0 Å². The van der Waals surface area contributed by atoms with E-state index in [2.05, 4.69) is 67.6 Å². The predicted molar refractivity (Wildman–Crippen MR) is 75.8 cm³/mol. The van der Waals surface area contributed by atoms with Crippen LogP contribution < -0.4 is 10.4 Å². The minimum Gasteiger partial charge on any atom is -0.385 e. The largest absolute Gasteiger partial charge is 0.385 e. The van der Waals surface area contributed by atoms with Crippen molar-refractivity contribution < 1.29 is 4.74 Å². The van der Waals surface area contributed by atoms with Gasteiger partial charge in [-0.1, -0.05) is 71.0 Å². The highest BCUT2D eigenvalue weighted by molar-refractivity contribution is 6.85. The lowest BCUT2D eigenvalue weighted by Gasteiger charge is -2.16. The monoisotopic (exact) mass is 242 g/mol. The standard InChI is InChI=1S/C15H18OSi/c1-2-16-13-17(14-9-5-3-6-10-14)15-11-7-4-8-12-15/h3-12,17H,2,13H2,1H3. The van der Waals surface area contributed by atoms with Crippen molar-refractivity contribution in [3.8, 4) is 0 Å². The second-order valence-corrected chi connectivity index (χ2v) is 6.81. The number of rotatable bonds is 5. The summed E-state index contributed by atoms with van der Waals surface area (Å²) in [5.41, 5.74) is 0. The van der Waals surface area contributed by atoms with Crippen LogP contribution in [0.15, 0.2) is 60.7 Å². The third kappa shape index (κ3) is 3.28. The quantitative estimate of drug-likeness (QED) is 0.724. The van der Waals surface area contributed by atoms with Crippen LogP contribution in [0.1, 0.15) is 6.92 Å². The molecule has 0 unspecified atom stereocenters. The molecular formula is C15H18OSi. The van der Waals surface area contributed by atoms with E-state index in [4.69, 9.17) is 4.74 Å². The van der Waals surface area contributed by atoms with Crippen molar-refractivity contribution in [3.63, 3.8) is 0 Å². The Hall–Kier alpha value is -1.38. The smallest absolute Gasteiger partial charge is 0.130 e. The van der Waals surface area contributed by atoms with E-state index in [9.17, 15) is 0 Å². The first-order chi connectivity index (χ1) is 8.42. The van der Waals surface area contributed by atoms with E-state index < -0.39 is 8.80 Å². The molecule has 0 fully saturated rings. The zero-order chi connectivity index (χ0) is 11.9. The van der Waals surface area contributed by atoms with Crippen LogP contribution in [0.5, 0.6) is 0 Å². The molecule has 88 valence electrons. The third-order valence-corrected chi connectivity index (χ3v) is 5.84. The van der Waals surface area contributed by atoms with E-state index in [-0.39, 0.29) is 0 Å². The second kappa shape index (κ2) is 6.38. The molecule has 0 radical (unpaired) electrons. The minimum atomic E-state index is -1.19. The number of ether oxygens (including phenoxy) is 1. The molecule has 0 saturated carbocycles. The fourth-order valence-electron chi connectivity index (χ4n) is 1.99. The molecule has 2 rings (SSSR count). The van der Waals surface area contributed by atoms with Crippen LogP contribution in [-0.4, -0.2) is 21.6 Å². The molecule has 0 aromatic heterocycles. The number of hydrogen-bond acceptors (Lipinski definition) is 1. The Morgan fingerprint density at radius 3 is 1.71 bits per heavy atom. The Kier molecular flexibility index (Phi) is 4.53. The Bertz CT molecular complexity index is 388. The maximum Gasteiger partial charge on any atom is 0.130 e. The minimum absolute atomic E-state index is 0.795. The summed E-state index contributed by atoms with van der Waals surface area (Å²) >= 11 is 0. The summed E-state index contributed by atoms with van der Waals surface area (Å²) in [5, 5.41) is 2.90. The van der Waals surface area contributed by atoms with Crippen LogP contribution in [0.2, 0.25) is 0 Å². The van der Waals surface area contributed by atoms with Crippen LogP contribution in [0.3, 0.4) is 0 Å². The Labute approximate surface area is 105 Å². The lowest BCUT2D eigenvalue weighted by Crippen LogP contribution is -2.46. The van der Waals surface area contributed by atoms with E-state index in [1.54, 1.807) is 0 Å². The van der Waals surface area contributed by atoms with Gasteiger partial charge in [0.2, 0.25) is 0 Å². The molecule has 1 nitrogen and oxygen atoms in total. The summed E-state index contributed by atoms with van der Waals surface area (Å²) < 4.78 is 5.67. The molecule has 0 aliphatic rings. The van der Waals surface area contributed by atoms with Crippen LogP contribution in [-0.2, 0) is 4.74 Å². The first-order valence-electron chi connectivity index (χ1n) is 6.09. The number of hydrogen-bond donors (Lipinski definition) is 0. The van der Waals surface area contributed by atoms with Gasteiger partial charge in [-0.05, 0) is 6.92 Å². The van der Waals surface area contributed by atoms with E-state index >= 15 is 0 Å². The van der Waals surface area contributed by atoms with Crippen molar-refractivity contribution in [2.24, 2.45) is 0 Å². The Morgan fingerprint density at radius 2 is 1.29 bits per heavy atom. The molecule has 0 heterocycles. The molecule has 17 heavy (non-hydrogen) atoms. The average Bonchev–Trinajstić information content (AvgIpc) is 2.42. The SMILES string of the molecule is CCOC[SiH](c1ccccc1)c1ccccc1. The first-order valence-corrected chi connectivity index (χ1v) is 8.06. The molecule has 0 amide bonds. The van der Waals surface area contributed by atoms with Crippen molar-refractivity contribution in [1.82, 2.24) is 0 Å². The van der Waals surface area contributed by atoms with Gasteiger partial charge in [0, 0.05) is 12.8 Å². The van der Waals surface area contributed by atoms with Gasteiger partial charge in [-0.25, -0.2) is 0 Å². The molecule has 0 N–H and O–H groups in total.